The molecule has 1 aliphatic carbocycles. The molecule has 0 atom stereocenters. The van der Waals surface area contributed by atoms with Gasteiger partial charge in [-0.3, -0.25) is 9.59 Å². The lowest BCUT2D eigenvalue weighted by molar-refractivity contribution is 0.0948. The number of hydrogen-bond acceptors (Lipinski definition) is 4. The van der Waals surface area contributed by atoms with Crippen molar-refractivity contribution in [1.82, 2.24) is 15.2 Å². The van der Waals surface area contributed by atoms with E-state index in [0.29, 0.717) is 28.7 Å². The van der Waals surface area contributed by atoms with E-state index in [9.17, 15) is 9.59 Å². The average Bonchev–Trinajstić information content (AvgIpc) is 2.66. The third-order valence-electron chi connectivity index (χ3n) is 5.49. The maximum Gasteiger partial charge on any atom is 0.292 e. The number of hydrogen-bond donors (Lipinski definition) is 1. The Morgan fingerprint density at radius 3 is 2.44 bits per heavy atom. The second kappa shape index (κ2) is 7.62. The van der Waals surface area contributed by atoms with E-state index in [1.807, 2.05) is 6.92 Å². The van der Waals surface area contributed by atoms with Crippen molar-refractivity contribution in [2.75, 3.05) is 0 Å². The van der Waals surface area contributed by atoms with Crippen LogP contribution in [0.25, 0.3) is 10.8 Å². The van der Waals surface area contributed by atoms with Gasteiger partial charge in [0.2, 0.25) is 0 Å². The van der Waals surface area contributed by atoms with Crippen LogP contribution >= 0.6 is 0 Å². The van der Waals surface area contributed by atoms with Gasteiger partial charge in [0.1, 0.15) is 0 Å². The summed E-state index contributed by atoms with van der Waals surface area (Å²) in [7, 11) is 0. The first kappa shape index (κ1) is 19.3. The summed E-state index contributed by atoms with van der Waals surface area (Å²) in [6.45, 7) is 9.08. The monoisotopic (exact) mass is 368 g/mol. The Bertz CT molecular complexity index is 927. The zero-order valence-electron chi connectivity index (χ0n) is 16.6. The number of amides is 1. The number of aryl methyl sites for hydroxylation is 1. The number of carbonyl (C=O) groups is 1. The van der Waals surface area contributed by atoms with Crippen LogP contribution in [0.15, 0.2) is 34.2 Å². The molecule has 0 unspecified atom stereocenters. The number of aromatic nitrogens is 2. The number of hydrazone groups is 1. The van der Waals surface area contributed by atoms with Crippen molar-refractivity contribution in [3.63, 3.8) is 0 Å². The van der Waals surface area contributed by atoms with Crippen molar-refractivity contribution >= 4 is 22.4 Å². The van der Waals surface area contributed by atoms with Crippen LogP contribution in [-0.4, -0.2) is 21.4 Å². The number of benzene rings is 1. The lowest BCUT2D eigenvalue weighted by Crippen LogP contribution is -2.30. The van der Waals surface area contributed by atoms with Gasteiger partial charge in [0.25, 0.3) is 11.5 Å². The summed E-state index contributed by atoms with van der Waals surface area (Å²) in [5.74, 6) is 0.310. The molecule has 0 bridgehead atoms. The highest BCUT2D eigenvalue weighted by molar-refractivity contribution is 6.05. The molecule has 1 heterocycles. The van der Waals surface area contributed by atoms with E-state index >= 15 is 0 Å². The molecule has 1 aromatic carbocycles. The minimum absolute atomic E-state index is 0.184. The quantitative estimate of drug-likeness (QED) is 0.839. The first-order valence-corrected chi connectivity index (χ1v) is 9.67. The molecule has 6 heteroatoms. The van der Waals surface area contributed by atoms with Crippen molar-refractivity contribution in [3.8, 4) is 0 Å². The van der Waals surface area contributed by atoms with Crippen LogP contribution in [0.5, 0.6) is 0 Å². The fraction of sp³-hybridized carbons (Fsp3) is 0.524. The highest BCUT2D eigenvalue weighted by Gasteiger charge is 2.28. The topological polar surface area (TPSA) is 76.3 Å². The van der Waals surface area contributed by atoms with Crippen LogP contribution < -0.4 is 11.0 Å². The Kier molecular flexibility index (Phi) is 5.44. The van der Waals surface area contributed by atoms with E-state index in [-0.39, 0.29) is 17.2 Å². The average molecular weight is 368 g/mol. The van der Waals surface area contributed by atoms with Crippen LogP contribution in [0.1, 0.15) is 63.9 Å². The first-order chi connectivity index (χ1) is 12.8. The highest BCUT2D eigenvalue weighted by atomic mass is 16.2. The van der Waals surface area contributed by atoms with Gasteiger partial charge in [-0.1, -0.05) is 39.0 Å². The molecule has 27 heavy (non-hydrogen) atoms. The molecule has 6 nitrogen and oxygen atoms in total. The van der Waals surface area contributed by atoms with Crippen molar-refractivity contribution in [2.24, 2.45) is 16.4 Å². The number of fused-ring (bicyclic) bond motifs is 1. The smallest absolute Gasteiger partial charge is 0.267 e. The second-order valence-corrected chi connectivity index (χ2v) is 8.27. The predicted octanol–water partition coefficient (Wildman–Crippen LogP) is 3.74. The molecule has 1 fully saturated rings. The van der Waals surface area contributed by atoms with E-state index in [4.69, 9.17) is 0 Å². The molecule has 3 rings (SSSR count). The van der Waals surface area contributed by atoms with Crippen LogP contribution in [-0.2, 0) is 6.54 Å². The molecule has 0 spiro atoms. The summed E-state index contributed by atoms with van der Waals surface area (Å²) in [4.78, 5) is 25.1. The maximum absolute atomic E-state index is 12.7. The standard InChI is InChI=1S/C21H28N4O2/c1-5-25-20(27)17-9-7-6-8-16(17)18(24-25)19(26)23-22-15-12-10-14(11-13-15)21(2,3)4/h6-9,14H,5,10-13H2,1-4H3,(H,23,26). The number of carbonyl (C=O) groups excluding carboxylic acids is 1. The van der Waals surface area contributed by atoms with E-state index in [1.165, 1.54) is 4.68 Å². The molecule has 1 amide bonds. The van der Waals surface area contributed by atoms with Gasteiger partial charge in [0.15, 0.2) is 5.69 Å². The van der Waals surface area contributed by atoms with E-state index in [1.54, 1.807) is 24.3 Å². The largest absolute Gasteiger partial charge is 0.292 e. The summed E-state index contributed by atoms with van der Waals surface area (Å²) >= 11 is 0. The van der Waals surface area contributed by atoms with Gasteiger partial charge in [0.05, 0.1) is 5.39 Å². The molecule has 1 saturated carbocycles. The van der Waals surface area contributed by atoms with Gasteiger partial charge in [-0.2, -0.15) is 10.2 Å². The number of nitrogens with zero attached hydrogens (tertiary/aromatic N) is 3. The fourth-order valence-corrected chi connectivity index (χ4v) is 3.73. The maximum atomic E-state index is 12.7. The molecule has 2 aromatic rings. The Morgan fingerprint density at radius 2 is 1.85 bits per heavy atom. The fourth-order valence-electron chi connectivity index (χ4n) is 3.73. The van der Waals surface area contributed by atoms with E-state index < -0.39 is 0 Å². The molecule has 0 saturated heterocycles. The Morgan fingerprint density at radius 1 is 1.22 bits per heavy atom. The SMILES string of the molecule is CCn1nc(C(=O)NN=C2CCC(C(C)(C)C)CC2)c2ccccc2c1=O. The third kappa shape index (κ3) is 4.10. The van der Waals surface area contributed by atoms with Gasteiger partial charge in [-0.15, -0.1) is 0 Å². The number of nitrogens with one attached hydrogen (secondary N) is 1. The predicted molar refractivity (Wildman–Crippen MR) is 108 cm³/mol. The second-order valence-electron chi connectivity index (χ2n) is 8.27. The molecule has 144 valence electrons. The molecule has 1 aromatic heterocycles. The summed E-state index contributed by atoms with van der Waals surface area (Å²) in [6, 6.07) is 7.07. The van der Waals surface area contributed by atoms with Crippen LogP contribution in [0.4, 0.5) is 0 Å². The molecule has 1 N–H and O–H groups in total. The van der Waals surface area contributed by atoms with Crippen LogP contribution in [0.2, 0.25) is 0 Å². The Balaban J connectivity index is 1.80. The lowest BCUT2D eigenvalue weighted by atomic mass is 9.72. The minimum atomic E-state index is -0.376. The van der Waals surface area contributed by atoms with Crippen LogP contribution in [0, 0.1) is 11.3 Å². The molecule has 0 aliphatic heterocycles. The van der Waals surface area contributed by atoms with Gasteiger partial charge in [-0.25, -0.2) is 10.1 Å². The van der Waals surface area contributed by atoms with Crippen molar-refractivity contribution in [1.29, 1.82) is 0 Å². The Hall–Kier alpha value is -2.50. The normalized spacial score (nSPS) is 17.8. The zero-order chi connectivity index (χ0) is 19.6. The van der Waals surface area contributed by atoms with Crippen molar-refractivity contribution < 1.29 is 4.79 Å². The molecule has 0 radical (unpaired) electrons. The van der Waals surface area contributed by atoms with Crippen molar-refractivity contribution in [3.05, 3.63) is 40.3 Å². The van der Waals surface area contributed by atoms with Gasteiger partial charge < -0.3 is 0 Å². The van der Waals surface area contributed by atoms with Crippen LogP contribution in [0.3, 0.4) is 0 Å². The van der Waals surface area contributed by atoms with Crippen molar-refractivity contribution in [2.45, 2.75) is 59.9 Å². The summed E-state index contributed by atoms with van der Waals surface area (Å²) in [5, 5.41) is 9.66. The number of rotatable bonds is 3. The van der Waals surface area contributed by atoms with Gasteiger partial charge in [0, 0.05) is 17.6 Å². The minimum Gasteiger partial charge on any atom is -0.267 e. The third-order valence-corrected chi connectivity index (χ3v) is 5.49. The molecule has 1 aliphatic rings. The highest BCUT2D eigenvalue weighted by Crippen LogP contribution is 2.36. The zero-order valence-corrected chi connectivity index (χ0v) is 16.6. The Labute approximate surface area is 159 Å². The molecular formula is C21H28N4O2. The summed E-state index contributed by atoms with van der Waals surface area (Å²) in [5.41, 5.74) is 4.04. The van der Waals surface area contributed by atoms with Gasteiger partial charge >= 0.3 is 0 Å². The lowest BCUT2D eigenvalue weighted by Gasteiger charge is -2.34. The first-order valence-electron chi connectivity index (χ1n) is 9.67. The van der Waals surface area contributed by atoms with E-state index in [2.05, 4.69) is 36.4 Å². The van der Waals surface area contributed by atoms with Gasteiger partial charge in [-0.05, 0) is 50.0 Å². The summed E-state index contributed by atoms with van der Waals surface area (Å²) < 4.78 is 1.32. The molecular weight excluding hydrogens is 340 g/mol. The van der Waals surface area contributed by atoms with E-state index in [0.717, 1.165) is 31.4 Å². The summed E-state index contributed by atoms with van der Waals surface area (Å²) in [6.07, 6.45) is 4.01.